The van der Waals surface area contributed by atoms with E-state index < -0.39 is 0 Å². The lowest BCUT2D eigenvalue weighted by Crippen LogP contribution is -2.32. The molecule has 1 aliphatic rings. The predicted molar refractivity (Wildman–Crippen MR) is 125 cm³/mol. The number of fused-ring (bicyclic) bond motifs is 2. The van der Waals surface area contributed by atoms with E-state index in [1.807, 2.05) is 31.2 Å². The van der Waals surface area contributed by atoms with Crippen LogP contribution in [0.25, 0.3) is 10.9 Å². The third kappa shape index (κ3) is 4.29. The van der Waals surface area contributed by atoms with Gasteiger partial charge < -0.3 is 16.0 Å². The number of pyridine rings is 2. The summed E-state index contributed by atoms with van der Waals surface area (Å²) in [5.41, 5.74) is 12.2. The molecule has 0 bridgehead atoms. The minimum Gasteiger partial charge on any atom is -0.383 e. The molecule has 0 spiro atoms. The molecule has 4 N–H and O–H groups in total. The highest BCUT2D eigenvalue weighted by molar-refractivity contribution is 5.98. The van der Waals surface area contributed by atoms with Gasteiger partial charge in [-0.25, -0.2) is 9.37 Å². The lowest BCUT2D eigenvalue weighted by Gasteiger charge is -2.29. The van der Waals surface area contributed by atoms with Crippen molar-refractivity contribution in [1.82, 2.24) is 25.2 Å². The number of carbonyl (C=O) groups excluding carboxylic acids is 1. The number of halogens is 1. The van der Waals surface area contributed by atoms with Gasteiger partial charge in [0, 0.05) is 54.5 Å². The van der Waals surface area contributed by atoms with Crippen molar-refractivity contribution in [3.63, 3.8) is 0 Å². The second-order valence-corrected chi connectivity index (χ2v) is 8.41. The zero-order valence-electron chi connectivity index (χ0n) is 18.4. The number of benzene rings is 1. The van der Waals surface area contributed by atoms with Crippen LogP contribution in [0.2, 0.25) is 0 Å². The Hall–Kier alpha value is -3.78. The number of H-pyrrole nitrogens is 1. The van der Waals surface area contributed by atoms with E-state index >= 15 is 0 Å². The van der Waals surface area contributed by atoms with E-state index in [9.17, 15) is 9.18 Å². The van der Waals surface area contributed by atoms with Crippen LogP contribution in [0.5, 0.6) is 0 Å². The number of aromatic nitrogens is 3. The van der Waals surface area contributed by atoms with Crippen LogP contribution >= 0.6 is 0 Å². The summed E-state index contributed by atoms with van der Waals surface area (Å²) in [5.74, 6) is -0.273. The van der Waals surface area contributed by atoms with Crippen LogP contribution in [-0.4, -0.2) is 32.3 Å². The maximum absolute atomic E-state index is 13.8. The summed E-state index contributed by atoms with van der Waals surface area (Å²) in [6.45, 7) is 4.47. The summed E-state index contributed by atoms with van der Waals surface area (Å²) >= 11 is 0. The van der Waals surface area contributed by atoms with Gasteiger partial charge >= 0.3 is 0 Å². The van der Waals surface area contributed by atoms with Crippen molar-refractivity contribution in [2.24, 2.45) is 0 Å². The fourth-order valence-electron chi connectivity index (χ4n) is 4.41. The number of hydrogen-bond acceptors (Lipinski definition) is 5. The Kier molecular flexibility index (Phi) is 5.51. The second kappa shape index (κ2) is 8.63. The smallest absolute Gasteiger partial charge is 0.255 e. The molecule has 0 aliphatic carbocycles. The van der Waals surface area contributed by atoms with Gasteiger partial charge in [-0.15, -0.1) is 0 Å². The number of amides is 1. The second-order valence-electron chi connectivity index (χ2n) is 8.41. The van der Waals surface area contributed by atoms with Gasteiger partial charge in [0.15, 0.2) is 0 Å². The van der Waals surface area contributed by atoms with Crippen molar-refractivity contribution >= 4 is 22.6 Å². The van der Waals surface area contributed by atoms with Crippen molar-refractivity contribution in [1.29, 1.82) is 0 Å². The third-order valence-electron chi connectivity index (χ3n) is 6.14. The minimum absolute atomic E-state index is 0.240. The third-order valence-corrected chi connectivity index (χ3v) is 6.14. The SMILES string of the molecule is Cc1[nH]c2ccc(F)cc2c1CN1CCc2nc(N)c(C(=O)NCc3ccccn3)cc2C1. The summed E-state index contributed by atoms with van der Waals surface area (Å²) in [6, 6.07) is 12.2. The Morgan fingerprint density at radius 2 is 2.15 bits per heavy atom. The number of rotatable bonds is 5. The first-order valence-electron chi connectivity index (χ1n) is 10.9. The molecular formula is C25H25FN6O. The number of carbonyl (C=O) groups is 1. The summed E-state index contributed by atoms with van der Waals surface area (Å²) < 4.78 is 13.8. The highest BCUT2D eigenvalue weighted by atomic mass is 19.1. The van der Waals surface area contributed by atoms with Crippen LogP contribution in [0.1, 0.15) is 38.6 Å². The van der Waals surface area contributed by atoms with Gasteiger partial charge in [0.2, 0.25) is 0 Å². The molecule has 0 unspecified atom stereocenters. The quantitative estimate of drug-likeness (QED) is 0.438. The van der Waals surface area contributed by atoms with E-state index in [1.54, 1.807) is 18.3 Å². The summed E-state index contributed by atoms with van der Waals surface area (Å²) in [7, 11) is 0. The van der Waals surface area contributed by atoms with Crippen LogP contribution < -0.4 is 11.1 Å². The van der Waals surface area contributed by atoms with Crippen LogP contribution in [0.15, 0.2) is 48.7 Å². The van der Waals surface area contributed by atoms with Gasteiger partial charge in [-0.05, 0) is 54.4 Å². The van der Waals surface area contributed by atoms with E-state index in [0.717, 1.165) is 52.1 Å². The van der Waals surface area contributed by atoms with Gasteiger partial charge in [0.1, 0.15) is 11.6 Å². The highest BCUT2D eigenvalue weighted by Gasteiger charge is 2.23. The topological polar surface area (TPSA) is 99.9 Å². The van der Waals surface area contributed by atoms with Gasteiger partial charge in [0.05, 0.1) is 17.8 Å². The molecule has 1 aromatic carbocycles. The minimum atomic E-state index is -0.270. The molecule has 0 fully saturated rings. The number of nitrogens with two attached hydrogens (primary N) is 1. The average molecular weight is 445 g/mol. The monoisotopic (exact) mass is 444 g/mol. The van der Waals surface area contributed by atoms with Gasteiger partial charge in [-0.2, -0.15) is 0 Å². The fourth-order valence-corrected chi connectivity index (χ4v) is 4.41. The first-order chi connectivity index (χ1) is 16.0. The standard InChI is InChI=1S/C25H25FN6O/c1-15-21(19-11-17(26)5-6-23(19)30-15)14-32-9-7-22-16(13-32)10-20(24(27)31-22)25(33)29-12-18-4-2-3-8-28-18/h2-6,8,10-11,30H,7,9,12-14H2,1H3,(H2,27,31)(H,29,33). The molecule has 1 aliphatic heterocycles. The molecule has 168 valence electrons. The first-order valence-corrected chi connectivity index (χ1v) is 10.9. The number of nitrogens with zero attached hydrogens (tertiary/aromatic N) is 3. The van der Waals surface area contributed by atoms with E-state index in [2.05, 4.69) is 25.2 Å². The normalized spacial score (nSPS) is 13.8. The van der Waals surface area contributed by atoms with Crippen molar-refractivity contribution in [2.75, 3.05) is 12.3 Å². The van der Waals surface area contributed by atoms with Crippen LogP contribution in [0.3, 0.4) is 0 Å². The molecule has 8 heteroatoms. The Morgan fingerprint density at radius 3 is 2.97 bits per heavy atom. The van der Waals surface area contributed by atoms with Crippen LogP contribution in [0.4, 0.5) is 10.2 Å². The molecule has 0 saturated heterocycles. The van der Waals surface area contributed by atoms with Gasteiger partial charge in [0.25, 0.3) is 5.91 Å². The largest absolute Gasteiger partial charge is 0.383 e. The maximum Gasteiger partial charge on any atom is 0.255 e. The van der Waals surface area contributed by atoms with Crippen molar-refractivity contribution < 1.29 is 9.18 Å². The summed E-state index contributed by atoms with van der Waals surface area (Å²) in [5, 5.41) is 3.77. The van der Waals surface area contributed by atoms with E-state index in [-0.39, 0.29) is 17.5 Å². The molecule has 5 rings (SSSR count). The molecule has 0 saturated carbocycles. The van der Waals surface area contributed by atoms with Crippen molar-refractivity contribution in [2.45, 2.75) is 33.0 Å². The lowest BCUT2D eigenvalue weighted by atomic mass is 10.0. The van der Waals surface area contributed by atoms with Crippen molar-refractivity contribution in [3.8, 4) is 0 Å². The predicted octanol–water partition coefficient (Wildman–Crippen LogP) is 3.48. The zero-order chi connectivity index (χ0) is 22.9. The van der Waals surface area contributed by atoms with E-state index in [0.29, 0.717) is 25.2 Å². The van der Waals surface area contributed by atoms with Crippen molar-refractivity contribution in [3.05, 3.63) is 88.3 Å². The van der Waals surface area contributed by atoms with Gasteiger partial charge in [-0.3, -0.25) is 14.7 Å². The lowest BCUT2D eigenvalue weighted by molar-refractivity contribution is 0.0950. The molecular weight excluding hydrogens is 419 g/mol. The molecule has 1 amide bonds. The van der Waals surface area contributed by atoms with Gasteiger partial charge in [-0.1, -0.05) is 6.07 Å². The zero-order valence-corrected chi connectivity index (χ0v) is 18.4. The Labute approximate surface area is 190 Å². The molecule has 0 radical (unpaired) electrons. The number of anilines is 1. The fraction of sp³-hybridized carbons (Fsp3) is 0.240. The summed E-state index contributed by atoms with van der Waals surface area (Å²) in [6.07, 6.45) is 2.43. The maximum atomic E-state index is 13.8. The highest BCUT2D eigenvalue weighted by Crippen LogP contribution is 2.28. The summed E-state index contributed by atoms with van der Waals surface area (Å²) in [4.78, 5) is 27.1. The molecule has 4 aromatic rings. The molecule has 3 aromatic heterocycles. The Balaban J connectivity index is 1.34. The van der Waals surface area contributed by atoms with E-state index in [1.165, 1.54) is 6.07 Å². The number of nitrogen functional groups attached to an aromatic ring is 1. The number of nitrogens with one attached hydrogen (secondary N) is 2. The van der Waals surface area contributed by atoms with E-state index in [4.69, 9.17) is 5.73 Å². The number of aryl methyl sites for hydroxylation is 1. The van der Waals surface area contributed by atoms with Crippen LogP contribution in [-0.2, 0) is 26.1 Å². The average Bonchev–Trinajstić information content (AvgIpc) is 3.12. The Morgan fingerprint density at radius 1 is 1.27 bits per heavy atom. The first kappa shape index (κ1) is 21.1. The number of hydrogen-bond donors (Lipinski definition) is 3. The molecule has 0 atom stereocenters. The molecule has 7 nitrogen and oxygen atoms in total. The molecule has 4 heterocycles. The van der Waals surface area contributed by atoms with Crippen LogP contribution in [0, 0.1) is 12.7 Å². The Bertz CT molecular complexity index is 1330. The molecule has 33 heavy (non-hydrogen) atoms. The number of aromatic amines is 1.